The summed E-state index contributed by atoms with van der Waals surface area (Å²) < 4.78 is 27.2. The molecule has 3 rings (SSSR count). The van der Waals surface area contributed by atoms with Gasteiger partial charge in [0.2, 0.25) is 10.0 Å². The van der Waals surface area contributed by atoms with Crippen LogP contribution in [-0.4, -0.2) is 30.2 Å². The molecule has 1 aromatic heterocycles. The van der Waals surface area contributed by atoms with Gasteiger partial charge in [0.1, 0.15) is 5.01 Å². The maximum atomic E-state index is 12.5. The van der Waals surface area contributed by atoms with Gasteiger partial charge in [-0.15, -0.1) is 11.3 Å². The number of hydrogen-bond donors (Lipinski definition) is 2. The van der Waals surface area contributed by atoms with Gasteiger partial charge in [-0.25, -0.2) is 18.1 Å². The third-order valence-electron chi connectivity index (χ3n) is 4.11. The van der Waals surface area contributed by atoms with Crippen molar-refractivity contribution in [2.75, 3.05) is 6.54 Å². The SMILES string of the molecule is CC(C)(C)NS(=O)(=O)C1(CNCc2nc(C3CC3)cs2)CC1. The van der Waals surface area contributed by atoms with Crippen molar-refractivity contribution in [2.45, 2.75) is 69.2 Å². The van der Waals surface area contributed by atoms with Crippen LogP contribution in [0.15, 0.2) is 5.38 Å². The molecule has 0 spiro atoms. The molecule has 0 unspecified atom stereocenters. The second-order valence-corrected chi connectivity index (χ2v) is 10.6. The fourth-order valence-electron chi connectivity index (χ4n) is 2.56. The Balaban J connectivity index is 1.54. The number of sulfonamides is 1. The maximum Gasteiger partial charge on any atom is 0.219 e. The van der Waals surface area contributed by atoms with Crippen molar-refractivity contribution in [3.63, 3.8) is 0 Å². The lowest BCUT2D eigenvalue weighted by Gasteiger charge is -2.25. The van der Waals surface area contributed by atoms with E-state index in [1.165, 1.54) is 18.5 Å². The van der Waals surface area contributed by atoms with E-state index in [-0.39, 0.29) is 0 Å². The predicted octanol–water partition coefficient (Wildman–Crippen LogP) is 2.36. The van der Waals surface area contributed by atoms with Gasteiger partial charge >= 0.3 is 0 Å². The molecule has 0 amide bonds. The highest BCUT2D eigenvalue weighted by molar-refractivity contribution is 7.91. The molecule has 1 aromatic rings. The monoisotopic (exact) mass is 343 g/mol. The molecule has 0 radical (unpaired) electrons. The molecule has 2 aliphatic carbocycles. The normalized spacial score (nSPS) is 21.0. The standard InChI is InChI=1S/C15H25N3O2S2/c1-14(2,3)18-22(19,20)15(6-7-15)10-16-8-13-17-12(9-21-13)11-4-5-11/h9,11,16,18H,4-8,10H2,1-3H3. The molecule has 22 heavy (non-hydrogen) atoms. The zero-order valence-corrected chi connectivity index (χ0v) is 15.1. The number of hydrogen-bond acceptors (Lipinski definition) is 5. The lowest BCUT2D eigenvalue weighted by molar-refractivity contribution is 0.477. The van der Waals surface area contributed by atoms with Crippen molar-refractivity contribution in [3.05, 3.63) is 16.1 Å². The van der Waals surface area contributed by atoms with Gasteiger partial charge in [-0.1, -0.05) is 0 Å². The average molecular weight is 344 g/mol. The van der Waals surface area contributed by atoms with Gasteiger partial charge in [0.05, 0.1) is 10.4 Å². The molecule has 0 saturated heterocycles. The minimum atomic E-state index is -3.29. The molecule has 5 nitrogen and oxygen atoms in total. The topological polar surface area (TPSA) is 71.1 Å². The summed E-state index contributed by atoms with van der Waals surface area (Å²) in [5, 5.41) is 6.49. The van der Waals surface area contributed by atoms with E-state index in [4.69, 9.17) is 0 Å². The lowest BCUT2D eigenvalue weighted by Crippen LogP contribution is -2.49. The van der Waals surface area contributed by atoms with E-state index < -0.39 is 20.3 Å². The molecule has 0 atom stereocenters. The Hall–Kier alpha value is -0.500. The summed E-state index contributed by atoms with van der Waals surface area (Å²) in [6, 6.07) is 0. The van der Waals surface area contributed by atoms with Gasteiger partial charge in [-0.05, 0) is 46.5 Å². The molecule has 2 aliphatic rings. The van der Waals surface area contributed by atoms with Gasteiger partial charge in [-0.2, -0.15) is 0 Å². The Kier molecular flexibility index (Phi) is 4.12. The number of aromatic nitrogens is 1. The van der Waals surface area contributed by atoms with Crippen molar-refractivity contribution < 1.29 is 8.42 Å². The number of rotatable bonds is 7. The Bertz CT molecular complexity index is 638. The summed E-state index contributed by atoms with van der Waals surface area (Å²) in [5.74, 6) is 0.677. The van der Waals surface area contributed by atoms with E-state index in [0.717, 1.165) is 17.8 Å². The van der Waals surface area contributed by atoms with Crippen LogP contribution in [0.3, 0.4) is 0 Å². The smallest absolute Gasteiger partial charge is 0.219 e. The summed E-state index contributed by atoms with van der Waals surface area (Å²) in [5.41, 5.74) is 0.785. The minimum Gasteiger partial charge on any atom is -0.309 e. The molecule has 0 aliphatic heterocycles. The second kappa shape index (κ2) is 5.54. The molecule has 0 bridgehead atoms. The van der Waals surface area contributed by atoms with E-state index in [1.807, 2.05) is 20.8 Å². The van der Waals surface area contributed by atoms with Crippen molar-refractivity contribution in [2.24, 2.45) is 0 Å². The van der Waals surface area contributed by atoms with Gasteiger partial charge in [-0.3, -0.25) is 0 Å². The van der Waals surface area contributed by atoms with Crippen LogP contribution in [0, 0.1) is 0 Å². The zero-order valence-electron chi connectivity index (χ0n) is 13.5. The molecule has 0 aromatic carbocycles. The van der Waals surface area contributed by atoms with Crippen molar-refractivity contribution in [1.29, 1.82) is 0 Å². The highest BCUT2D eigenvalue weighted by Gasteiger charge is 2.54. The number of thiazole rings is 1. The first-order chi connectivity index (χ1) is 10.2. The molecule has 7 heteroatoms. The highest BCUT2D eigenvalue weighted by atomic mass is 32.2. The van der Waals surface area contributed by atoms with Crippen LogP contribution < -0.4 is 10.0 Å². The van der Waals surface area contributed by atoms with Gasteiger partial charge in [0, 0.05) is 29.9 Å². The van der Waals surface area contributed by atoms with Gasteiger partial charge in [0.25, 0.3) is 0 Å². The average Bonchev–Trinajstić information content (AvgIpc) is 3.27. The van der Waals surface area contributed by atoms with Crippen LogP contribution in [0.1, 0.15) is 63.1 Å². The fourth-order valence-corrected chi connectivity index (χ4v) is 5.36. The maximum absolute atomic E-state index is 12.5. The minimum absolute atomic E-state index is 0.428. The Labute approximate surface area is 137 Å². The molecule has 2 N–H and O–H groups in total. The number of nitrogens with one attached hydrogen (secondary N) is 2. The Morgan fingerprint density at radius 2 is 2.05 bits per heavy atom. The summed E-state index contributed by atoms with van der Waals surface area (Å²) in [7, 11) is -3.29. The van der Waals surface area contributed by atoms with Gasteiger partial charge < -0.3 is 5.32 Å². The first-order valence-electron chi connectivity index (χ1n) is 7.89. The van der Waals surface area contributed by atoms with Crippen LogP contribution in [0.5, 0.6) is 0 Å². The van der Waals surface area contributed by atoms with Crippen LogP contribution in [0.25, 0.3) is 0 Å². The lowest BCUT2D eigenvalue weighted by atomic mass is 10.1. The summed E-state index contributed by atoms with van der Waals surface area (Å²) in [6.07, 6.45) is 3.99. The largest absolute Gasteiger partial charge is 0.309 e. The molecule has 2 saturated carbocycles. The van der Waals surface area contributed by atoms with Crippen LogP contribution in [0.4, 0.5) is 0 Å². The van der Waals surface area contributed by atoms with E-state index in [9.17, 15) is 8.42 Å². The molecular weight excluding hydrogens is 318 g/mol. The number of nitrogens with zero attached hydrogens (tertiary/aromatic N) is 1. The molecule has 2 fully saturated rings. The first kappa shape index (κ1) is 16.4. The summed E-state index contributed by atoms with van der Waals surface area (Å²) in [4.78, 5) is 4.62. The molecular formula is C15H25N3O2S2. The van der Waals surface area contributed by atoms with Gasteiger partial charge in [0.15, 0.2) is 0 Å². The fraction of sp³-hybridized carbons (Fsp3) is 0.800. The third-order valence-corrected chi connectivity index (χ3v) is 7.55. The molecule has 1 heterocycles. The van der Waals surface area contributed by atoms with E-state index in [2.05, 4.69) is 20.4 Å². The van der Waals surface area contributed by atoms with Crippen LogP contribution >= 0.6 is 11.3 Å². The van der Waals surface area contributed by atoms with E-state index >= 15 is 0 Å². The predicted molar refractivity (Wildman–Crippen MR) is 89.6 cm³/mol. The third kappa shape index (κ3) is 3.69. The first-order valence-corrected chi connectivity index (χ1v) is 10.3. The summed E-state index contributed by atoms with van der Waals surface area (Å²) in [6.45, 7) is 6.79. The summed E-state index contributed by atoms with van der Waals surface area (Å²) >= 11 is 1.67. The quantitative estimate of drug-likeness (QED) is 0.797. The highest BCUT2D eigenvalue weighted by Crippen LogP contribution is 2.43. The van der Waals surface area contributed by atoms with E-state index in [0.29, 0.717) is 19.0 Å². The van der Waals surface area contributed by atoms with E-state index in [1.54, 1.807) is 11.3 Å². The van der Waals surface area contributed by atoms with Crippen molar-refractivity contribution in [1.82, 2.24) is 15.0 Å². The second-order valence-electron chi connectivity index (χ2n) is 7.58. The van der Waals surface area contributed by atoms with Crippen molar-refractivity contribution in [3.8, 4) is 0 Å². The van der Waals surface area contributed by atoms with Crippen molar-refractivity contribution >= 4 is 21.4 Å². The van der Waals surface area contributed by atoms with Crippen LogP contribution in [-0.2, 0) is 16.6 Å². The van der Waals surface area contributed by atoms with Crippen LogP contribution in [0.2, 0.25) is 0 Å². The Morgan fingerprint density at radius 3 is 2.59 bits per heavy atom. The Morgan fingerprint density at radius 1 is 1.36 bits per heavy atom. The zero-order chi connectivity index (χ0) is 16.0. The molecule has 124 valence electrons.